The average molecular weight is 257 g/mol. The van der Waals surface area contributed by atoms with Gasteiger partial charge in [0.05, 0.1) is 10.5 Å². The predicted octanol–water partition coefficient (Wildman–Crippen LogP) is 3.35. The summed E-state index contributed by atoms with van der Waals surface area (Å²) >= 11 is 0. The number of halogens is 1. The van der Waals surface area contributed by atoms with Gasteiger partial charge in [-0.2, -0.15) is 5.26 Å². The molecule has 0 saturated heterocycles. The van der Waals surface area contributed by atoms with Crippen LogP contribution in [-0.4, -0.2) is 4.92 Å². The van der Waals surface area contributed by atoms with Gasteiger partial charge < -0.3 is 5.32 Å². The van der Waals surface area contributed by atoms with Gasteiger partial charge in [0.25, 0.3) is 5.69 Å². The van der Waals surface area contributed by atoms with Gasteiger partial charge in [0, 0.05) is 11.8 Å². The highest BCUT2D eigenvalue weighted by Crippen LogP contribution is 2.27. The van der Waals surface area contributed by atoms with Gasteiger partial charge in [0.1, 0.15) is 17.6 Å². The molecule has 2 aromatic rings. The fraction of sp³-hybridized carbons (Fsp3) is 0. The Balaban J connectivity index is 2.37. The zero-order valence-corrected chi connectivity index (χ0v) is 9.63. The molecule has 94 valence electrons. The number of para-hydroxylation sites is 2. The minimum Gasteiger partial charge on any atom is -0.350 e. The van der Waals surface area contributed by atoms with Crippen LogP contribution in [0, 0.1) is 27.3 Å². The maximum absolute atomic E-state index is 13.2. The number of nitriles is 1. The zero-order valence-electron chi connectivity index (χ0n) is 9.63. The van der Waals surface area contributed by atoms with Crippen molar-refractivity contribution in [2.24, 2.45) is 0 Å². The number of hydrogen-bond donors (Lipinski definition) is 1. The first-order chi connectivity index (χ1) is 9.11. The highest BCUT2D eigenvalue weighted by Gasteiger charge is 2.12. The number of nitrogens with one attached hydrogen (secondary N) is 1. The Morgan fingerprint density at radius 2 is 2.00 bits per heavy atom. The predicted molar refractivity (Wildman–Crippen MR) is 67.5 cm³/mol. The van der Waals surface area contributed by atoms with Crippen molar-refractivity contribution < 1.29 is 9.31 Å². The average Bonchev–Trinajstić information content (AvgIpc) is 2.41. The number of rotatable bonds is 3. The number of anilines is 2. The third-order valence-electron chi connectivity index (χ3n) is 2.47. The van der Waals surface area contributed by atoms with Crippen LogP contribution < -0.4 is 5.32 Å². The Kier molecular flexibility index (Phi) is 3.39. The van der Waals surface area contributed by atoms with Gasteiger partial charge in [0.2, 0.25) is 0 Å². The molecule has 0 radical (unpaired) electrons. The van der Waals surface area contributed by atoms with Gasteiger partial charge in [-0.3, -0.25) is 10.1 Å². The standard InChI is InChI=1S/C13H8FN3O2/c14-11-6-5-10(7-9(11)8-15)16-12-3-1-2-4-13(12)17(18)19/h1-7,16H. The van der Waals surface area contributed by atoms with E-state index in [0.29, 0.717) is 5.69 Å². The van der Waals surface area contributed by atoms with E-state index in [1.807, 2.05) is 0 Å². The number of nitro benzene ring substituents is 1. The molecular weight excluding hydrogens is 249 g/mol. The van der Waals surface area contributed by atoms with Crippen molar-refractivity contribution in [3.8, 4) is 6.07 Å². The van der Waals surface area contributed by atoms with Crippen molar-refractivity contribution in [3.05, 3.63) is 64.0 Å². The Hall–Kier alpha value is -2.94. The first kappa shape index (κ1) is 12.5. The Morgan fingerprint density at radius 1 is 1.26 bits per heavy atom. The summed E-state index contributed by atoms with van der Waals surface area (Å²) in [6.45, 7) is 0. The van der Waals surface area contributed by atoms with Gasteiger partial charge >= 0.3 is 0 Å². The molecule has 0 atom stereocenters. The fourth-order valence-electron chi connectivity index (χ4n) is 1.58. The smallest absolute Gasteiger partial charge is 0.292 e. The lowest BCUT2D eigenvalue weighted by Gasteiger charge is -2.07. The molecule has 0 amide bonds. The summed E-state index contributed by atoms with van der Waals surface area (Å²) < 4.78 is 13.2. The zero-order chi connectivity index (χ0) is 13.8. The van der Waals surface area contributed by atoms with Crippen LogP contribution in [0.2, 0.25) is 0 Å². The largest absolute Gasteiger partial charge is 0.350 e. The Morgan fingerprint density at radius 3 is 2.68 bits per heavy atom. The van der Waals surface area contributed by atoms with E-state index in [-0.39, 0.29) is 16.9 Å². The minimum atomic E-state index is -0.629. The quantitative estimate of drug-likeness (QED) is 0.675. The molecule has 0 spiro atoms. The molecule has 19 heavy (non-hydrogen) atoms. The van der Waals surface area contributed by atoms with E-state index in [1.54, 1.807) is 18.2 Å². The monoisotopic (exact) mass is 257 g/mol. The minimum absolute atomic E-state index is 0.0923. The topological polar surface area (TPSA) is 79.0 Å². The third kappa shape index (κ3) is 2.66. The van der Waals surface area contributed by atoms with Crippen LogP contribution in [0.1, 0.15) is 5.56 Å². The highest BCUT2D eigenvalue weighted by molar-refractivity contribution is 5.70. The lowest BCUT2D eigenvalue weighted by molar-refractivity contribution is -0.383. The second-order valence-electron chi connectivity index (χ2n) is 3.71. The third-order valence-corrected chi connectivity index (χ3v) is 2.47. The second kappa shape index (κ2) is 5.14. The van der Waals surface area contributed by atoms with E-state index in [2.05, 4.69) is 5.32 Å². The number of hydrogen-bond acceptors (Lipinski definition) is 4. The van der Waals surface area contributed by atoms with Crippen LogP contribution in [0.15, 0.2) is 42.5 Å². The second-order valence-corrected chi connectivity index (χ2v) is 3.71. The van der Waals surface area contributed by atoms with E-state index in [1.165, 1.54) is 24.3 Å². The van der Waals surface area contributed by atoms with Gasteiger partial charge in [0.15, 0.2) is 0 Å². The van der Waals surface area contributed by atoms with Crippen LogP contribution in [0.3, 0.4) is 0 Å². The first-order valence-corrected chi connectivity index (χ1v) is 5.32. The SMILES string of the molecule is N#Cc1cc(Nc2ccccc2[N+](=O)[O-])ccc1F. The lowest BCUT2D eigenvalue weighted by atomic mass is 10.2. The van der Waals surface area contributed by atoms with E-state index in [0.717, 1.165) is 6.07 Å². The van der Waals surface area contributed by atoms with E-state index in [9.17, 15) is 14.5 Å². The maximum Gasteiger partial charge on any atom is 0.292 e. The highest BCUT2D eigenvalue weighted by atomic mass is 19.1. The molecular formula is C13H8FN3O2. The lowest BCUT2D eigenvalue weighted by Crippen LogP contribution is -1.97. The summed E-state index contributed by atoms with van der Waals surface area (Å²) in [5.41, 5.74) is 0.476. The van der Waals surface area contributed by atoms with Crippen molar-refractivity contribution in [2.45, 2.75) is 0 Å². The molecule has 0 saturated carbocycles. The molecule has 2 aromatic carbocycles. The normalized spacial score (nSPS) is 9.68. The molecule has 0 aliphatic heterocycles. The molecule has 1 N–H and O–H groups in total. The van der Waals surface area contributed by atoms with Crippen molar-refractivity contribution in [1.82, 2.24) is 0 Å². The van der Waals surface area contributed by atoms with Crippen LogP contribution in [-0.2, 0) is 0 Å². The summed E-state index contributed by atoms with van der Waals surface area (Å²) in [5, 5.41) is 22.4. The van der Waals surface area contributed by atoms with Crippen molar-refractivity contribution in [3.63, 3.8) is 0 Å². The molecule has 0 fully saturated rings. The molecule has 0 bridgehead atoms. The molecule has 0 unspecified atom stereocenters. The van der Waals surface area contributed by atoms with E-state index in [4.69, 9.17) is 5.26 Å². The molecule has 0 aromatic heterocycles. The maximum atomic E-state index is 13.2. The number of nitrogens with zero attached hydrogens (tertiary/aromatic N) is 2. The van der Waals surface area contributed by atoms with Crippen molar-refractivity contribution >= 4 is 17.1 Å². The van der Waals surface area contributed by atoms with Gasteiger partial charge in [-0.1, -0.05) is 12.1 Å². The summed E-state index contributed by atoms with van der Waals surface area (Å²) in [4.78, 5) is 10.3. The summed E-state index contributed by atoms with van der Waals surface area (Å²) in [5.74, 6) is -0.629. The Bertz CT molecular complexity index is 680. The summed E-state index contributed by atoms with van der Waals surface area (Å²) in [6, 6.07) is 11.6. The van der Waals surface area contributed by atoms with Gasteiger partial charge in [-0.05, 0) is 24.3 Å². The molecule has 6 heteroatoms. The van der Waals surface area contributed by atoms with Crippen LogP contribution in [0.25, 0.3) is 0 Å². The molecule has 2 rings (SSSR count). The van der Waals surface area contributed by atoms with Gasteiger partial charge in [-0.15, -0.1) is 0 Å². The Labute approximate surface area is 108 Å². The number of benzene rings is 2. The van der Waals surface area contributed by atoms with Crippen LogP contribution >= 0.6 is 0 Å². The van der Waals surface area contributed by atoms with Crippen molar-refractivity contribution in [1.29, 1.82) is 5.26 Å². The van der Waals surface area contributed by atoms with Crippen molar-refractivity contribution in [2.75, 3.05) is 5.32 Å². The molecule has 0 heterocycles. The molecule has 0 aliphatic carbocycles. The molecule has 0 aliphatic rings. The van der Waals surface area contributed by atoms with E-state index >= 15 is 0 Å². The summed E-state index contributed by atoms with van der Waals surface area (Å²) in [6.07, 6.45) is 0. The van der Waals surface area contributed by atoms with Crippen LogP contribution in [0.4, 0.5) is 21.5 Å². The van der Waals surface area contributed by atoms with E-state index < -0.39 is 10.7 Å². The first-order valence-electron chi connectivity index (χ1n) is 5.32. The number of nitro groups is 1. The van der Waals surface area contributed by atoms with Crippen LogP contribution in [0.5, 0.6) is 0 Å². The fourth-order valence-corrected chi connectivity index (χ4v) is 1.58. The summed E-state index contributed by atoms with van der Waals surface area (Å²) in [7, 11) is 0. The van der Waals surface area contributed by atoms with Gasteiger partial charge in [-0.25, -0.2) is 4.39 Å². The molecule has 5 nitrogen and oxygen atoms in total.